The quantitative estimate of drug-likeness (QED) is 0.495. The van der Waals surface area contributed by atoms with E-state index in [2.05, 4.69) is 0 Å². The van der Waals surface area contributed by atoms with Crippen molar-refractivity contribution in [2.75, 3.05) is 0 Å². The van der Waals surface area contributed by atoms with Gasteiger partial charge in [0.05, 0.1) is 23.3 Å². The van der Waals surface area contributed by atoms with Crippen LogP contribution < -0.4 is 0 Å². The molecule has 0 aliphatic heterocycles. The molecule has 123 valence electrons. The topological polar surface area (TPSA) is 107 Å². The minimum Gasteiger partial charge on any atom is -0.459 e. The number of hydrogen-bond acceptors (Lipinski definition) is 6. The average molecular weight is 337 g/mol. The summed E-state index contributed by atoms with van der Waals surface area (Å²) in [5.74, 6) is -1.67. The molecule has 1 aromatic carbocycles. The molecule has 0 saturated heterocycles. The molecule has 0 aliphatic rings. The van der Waals surface area contributed by atoms with Gasteiger partial charge in [-0.15, -0.1) is 0 Å². The van der Waals surface area contributed by atoms with Gasteiger partial charge in [-0.2, -0.15) is 8.42 Å². The first-order valence-corrected chi connectivity index (χ1v) is 8.00. The first kappa shape index (κ1) is 21.7. The van der Waals surface area contributed by atoms with Gasteiger partial charge in [0, 0.05) is 18.9 Å². The third-order valence-corrected chi connectivity index (χ3v) is 3.29. The van der Waals surface area contributed by atoms with Crippen LogP contribution in [0.1, 0.15) is 48.4 Å². The summed E-state index contributed by atoms with van der Waals surface area (Å²) in [7, 11) is -4.71. The Morgan fingerprint density at radius 2 is 1.48 bits per heavy atom. The van der Waals surface area contributed by atoms with Gasteiger partial charge in [0.15, 0.2) is 0 Å². The molecule has 1 aromatic rings. The summed E-state index contributed by atoms with van der Waals surface area (Å²) in [5.41, 5.74) is -0.445. The standard InChI is InChI=1S/C14H18O7S.Li/c1-8(2)20-13(15)10-5-6-11(14(16)21-9(3)4)12(7-10)22(17,18)19;/h5-9H,1-4H3,(H,17,18,19);. The molecule has 7 nitrogen and oxygen atoms in total. The number of ether oxygens (including phenoxy) is 2. The molecule has 0 aromatic heterocycles. The van der Waals surface area contributed by atoms with Gasteiger partial charge < -0.3 is 9.47 Å². The normalized spacial score (nSPS) is 11.1. The van der Waals surface area contributed by atoms with E-state index in [4.69, 9.17) is 9.47 Å². The Morgan fingerprint density at radius 1 is 1.00 bits per heavy atom. The van der Waals surface area contributed by atoms with Crippen LogP contribution >= 0.6 is 0 Å². The minimum atomic E-state index is -4.71. The fourth-order valence-electron chi connectivity index (χ4n) is 1.59. The number of benzene rings is 1. The van der Waals surface area contributed by atoms with Gasteiger partial charge in [-0.25, -0.2) is 9.59 Å². The van der Waals surface area contributed by atoms with Crippen LogP contribution in [0.3, 0.4) is 0 Å². The van der Waals surface area contributed by atoms with Crippen LogP contribution in [0.2, 0.25) is 0 Å². The monoisotopic (exact) mass is 337 g/mol. The maximum Gasteiger partial charge on any atom is 0.339 e. The summed E-state index contributed by atoms with van der Waals surface area (Å²) in [6.07, 6.45) is -0.861. The number of carbonyl (C=O) groups is 2. The predicted molar refractivity (Wildman–Crippen MR) is 83.1 cm³/mol. The van der Waals surface area contributed by atoms with Crippen molar-refractivity contribution < 1.29 is 32.0 Å². The smallest absolute Gasteiger partial charge is 0.339 e. The maximum absolute atomic E-state index is 11.9. The van der Waals surface area contributed by atoms with Gasteiger partial charge in [-0.3, -0.25) is 4.55 Å². The molecule has 0 heterocycles. The van der Waals surface area contributed by atoms with Crippen molar-refractivity contribution in [1.82, 2.24) is 0 Å². The van der Waals surface area contributed by atoms with E-state index >= 15 is 0 Å². The zero-order chi connectivity index (χ0) is 17.1. The molecule has 9 heteroatoms. The van der Waals surface area contributed by atoms with Crippen LogP contribution in [0.25, 0.3) is 0 Å². The molecule has 1 rings (SSSR count). The molecule has 0 atom stereocenters. The molecular weight excluding hydrogens is 319 g/mol. The SMILES string of the molecule is CC(C)OC(=O)c1ccc(C(=O)OC(C)C)c(S(=O)(=O)O)c1.[Li]. The van der Waals surface area contributed by atoms with Crippen LogP contribution in [0.15, 0.2) is 23.1 Å². The molecule has 0 fully saturated rings. The molecule has 0 amide bonds. The Labute approximate surface area is 147 Å². The Kier molecular flexibility index (Phi) is 8.01. The van der Waals surface area contributed by atoms with E-state index in [0.29, 0.717) is 0 Å². The zero-order valence-corrected chi connectivity index (χ0v) is 14.5. The van der Waals surface area contributed by atoms with E-state index in [1.54, 1.807) is 27.7 Å². The Balaban J connectivity index is 0.00000484. The summed E-state index contributed by atoms with van der Waals surface area (Å²) in [5, 5.41) is 0. The molecule has 0 saturated carbocycles. The Hall–Kier alpha value is -1.33. The largest absolute Gasteiger partial charge is 0.459 e. The van der Waals surface area contributed by atoms with Crippen molar-refractivity contribution >= 4 is 40.9 Å². The third-order valence-electron chi connectivity index (χ3n) is 2.40. The van der Waals surface area contributed by atoms with Gasteiger partial charge >= 0.3 is 11.9 Å². The van der Waals surface area contributed by atoms with Crippen molar-refractivity contribution in [3.8, 4) is 0 Å². The van der Waals surface area contributed by atoms with Crippen LogP contribution in [0.5, 0.6) is 0 Å². The zero-order valence-electron chi connectivity index (χ0n) is 13.7. The van der Waals surface area contributed by atoms with Gasteiger partial charge in [-0.1, -0.05) is 0 Å². The summed E-state index contributed by atoms with van der Waals surface area (Å²) in [4.78, 5) is 22.9. The molecule has 1 N–H and O–H groups in total. The van der Waals surface area contributed by atoms with Crippen molar-refractivity contribution in [3.05, 3.63) is 29.3 Å². The summed E-state index contributed by atoms with van der Waals surface area (Å²) in [6.45, 7) is 6.46. The molecule has 23 heavy (non-hydrogen) atoms. The number of rotatable bonds is 5. The van der Waals surface area contributed by atoms with Crippen LogP contribution in [0, 0.1) is 0 Å². The second-order valence-electron chi connectivity index (χ2n) is 5.09. The number of esters is 2. The molecule has 0 spiro atoms. The van der Waals surface area contributed by atoms with E-state index in [1.165, 1.54) is 6.07 Å². The van der Waals surface area contributed by atoms with E-state index in [-0.39, 0.29) is 30.0 Å². The molecule has 0 bridgehead atoms. The van der Waals surface area contributed by atoms with Gasteiger partial charge in [-0.05, 0) is 45.9 Å². The first-order chi connectivity index (χ1) is 10.0. The maximum atomic E-state index is 11.9. The van der Waals surface area contributed by atoms with E-state index < -0.39 is 39.2 Å². The van der Waals surface area contributed by atoms with Gasteiger partial charge in [0.2, 0.25) is 0 Å². The summed E-state index contributed by atoms with van der Waals surface area (Å²) >= 11 is 0. The Morgan fingerprint density at radius 3 is 1.91 bits per heavy atom. The molecule has 0 unspecified atom stereocenters. The molecule has 0 aliphatic carbocycles. The Bertz CT molecular complexity index is 680. The van der Waals surface area contributed by atoms with Crippen molar-refractivity contribution in [3.63, 3.8) is 0 Å². The van der Waals surface area contributed by atoms with Crippen molar-refractivity contribution in [1.29, 1.82) is 0 Å². The van der Waals surface area contributed by atoms with Gasteiger partial charge in [0.1, 0.15) is 4.90 Å². The van der Waals surface area contributed by atoms with Crippen molar-refractivity contribution in [2.45, 2.75) is 44.8 Å². The summed E-state index contributed by atoms with van der Waals surface area (Å²) in [6, 6.07) is 3.22. The van der Waals surface area contributed by atoms with E-state index in [0.717, 1.165) is 12.1 Å². The number of carbonyl (C=O) groups excluding carboxylic acids is 2. The fourth-order valence-corrected chi connectivity index (χ4v) is 2.30. The predicted octanol–water partition coefficient (Wildman–Crippen LogP) is 1.68. The van der Waals surface area contributed by atoms with Gasteiger partial charge in [0.25, 0.3) is 10.1 Å². The van der Waals surface area contributed by atoms with Crippen LogP contribution in [-0.2, 0) is 19.6 Å². The second kappa shape index (κ2) is 8.50. The van der Waals surface area contributed by atoms with Crippen LogP contribution in [0.4, 0.5) is 0 Å². The molecule has 1 radical (unpaired) electrons. The van der Waals surface area contributed by atoms with Crippen LogP contribution in [-0.4, -0.2) is 56.0 Å². The second-order valence-corrected chi connectivity index (χ2v) is 6.48. The average Bonchev–Trinajstić information content (AvgIpc) is 2.35. The third kappa shape index (κ3) is 6.35. The molecular formula is C14H18LiO7S. The van der Waals surface area contributed by atoms with E-state index in [1.807, 2.05) is 0 Å². The minimum absolute atomic E-state index is 0. The number of hydrogen-bond donors (Lipinski definition) is 1. The summed E-state index contributed by atoms with van der Waals surface area (Å²) < 4.78 is 42.0. The van der Waals surface area contributed by atoms with E-state index in [9.17, 15) is 22.6 Å². The first-order valence-electron chi connectivity index (χ1n) is 6.56. The fraction of sp³-hybridized carbons (Fsp3) is 0.429. The van der Waals surface area contributed by atoms with Crippen molar-refractivity contribution in [2.24, 2.45) is 0 Å².